The number of nitrogens with zero attached hydrogens (tertiary/aromatic N) is 1. The zero-order valence-electron chi connectivity index (χ0n) is 14.6. The molecule has 0 unspecified atom stereocenters. The van der Waals surface area contributed by atoms with Crippen molar-refractivity contribution in [1.29, 1.82) is 0 Å². The molecular formula is C20H17BrFNO3. The Labute approximate surface area is 159 Å². The Kier molecular flexibility index (Phi) is 5.94. The van der Waals surface area contributed by atoms with E-state index in [1.165, 1.54) is 12.1 Å². The summed E-state index contributed by atoms with van der Waals surface area (Å²) in [6.07, 6.45) is -0.0382. The third-order valence-corrected chi connectivity index (χ3v) is 4.16. The third kappa shape index (κ3) is 4.99. The number of carbonyl (C=O) groups is 2. The van der Waals surface area contributed by atoms with Crippen molar-refractivity contribution in [3.8, 4) is 0 Å². The molecule has 2 aromatic carbocycles. The van der Waals surface area contributed by atoms with E-state index in [0.29, 0.717) is 15.6 Å². The molecule has 6 heteroatoms. The molecule has 4 nitrogen and oxygen atoms in total. The number of benzene rings is 2. The van der Waals surface area contributed by atoms with Crippen molar-refractivity contribution < 1.29 is 18.7 Å². The number of ether oxygens (including phenoxy) is 1. The zero-order chi connectivity index (χ0) is 19.5. The van der Waals surface area contributed by atoms with Crippen LogP contribution < -0.4 is 0 Å². The second-order valence-electron chi connectivity index (χ2n) is 6.68. The molecule has 0 bridgehead atoms. The molecule has 0 radical (unpaired) electrons. The van der Waals surface area contributed by atoms with Crippen molar-refractivity contribution in [1.82, 2.24) is 0 Å². The van der Waals surface area contributed by atoms with Gasteiger partial charge in [0.15, 0.2) is 11.5 Å². The lowest BCUT2D eigenvalue weighted by atomic mass is 10.0. The van der Waals surface area contributed by atoms with Crippen molar-refractivity contribution in [3.63, 3.8) is 0 Å². The van der Waals surface area contributed by atoms with Gasteiger partial charge < -0.3 is 4.74 Å². The van der Waals surface area contributed by atoms with Gasteiger partial charge in [-0.05, 0) is 44.5 Å². The molecule has 0 aromatic heterocycles. The highest BCUT2D eigenvalue weighted by molar-refractivity contribution is 9.10. The van der Waals surface area contributed by atoms with Crippen molar-refractivity contribution >= 4 is 33.4 Å². The zero-order valence-corrected chi connectivity index (χ0v) is 16.2. The van der Waals surface area contributed by atoms with Gasteiger partial charge in [0.25, 0.3) is 0 Å². The van der Waals surface area contributed by atoms with Crippen LogP contribution in [0, 0.1) is 12.4 Å². The fraction of sp³-hybridized carbons (Fsp3) is 0.250. The second-order valence-corrected chi connectivity index (χ2v) is 7.54. The Morgan fingerprint density at radius 3 is 2.42 bits per heavy atom. The first kappa shape index (κ1) is 19.8. The number of ketones is 1. The van der Waals surface area contributed by atoms with Crippen LogP contribution in [0.1, 0.15) is 47.1 Å². The van der Waals surface area contributed by atoms with Crippen molar-refractivity contribution in [3.05, 3.63) is 74.8 Å². The molecule has 0 spiro atoms. The largest absolute Gasteiger partial charge is 0.456 e. The normalized spacial score (nSPS) is 10.9. The van der Waals surface area contributed by atoms with Crippen molar-refractivity contribution in [2.45, 2.75) is 32.8 Å². The summed E-state index contributed by atoms with van der Waals surface area (Å²) < 4.78 is 19.8. The average molecular weight is 418 g/mol. The molecule has 134 valence electrons. The van der Waals surface area contributed by atoms with E-state index in [4.69, 9.17) is 11.3 Å². The lowest BCUT2D eigenvalue weighted by Crippen LogP contribution is -2.23. The average Bonchev–Trinajstić information content (AvgIpc) is 2.54. The first-order chi connectivity index (χ1) is 12.1. The molecule has 2 rings (SSSR count). The molecule has 0 atom stereocenters. The van der Waals surface area contributed by atoms with Gasteiger partial charge >= 0.3 is 5.97 Å². The molecule has 2 aromatic rings. The van der Waals surface area contributed by atoms with Crippen molar-refractivity contribution in [2.24, 2.45) is 0 Å². The number of carbonyl (C=O) groups excluding carboxylic acids is 2. The molecular weight excluding hydrogens is 401 g/mol. The highest BCUT2D eigenvalue weighted by atomic mass is 79.9. The lowest BCUT2D eigenvalue weighted by Gasteiger charge is -2.19. The van der Waals surface area contributed by atoms with E-state index in [9.17, 15) is 14.0 Å². The number of Topliss-reactive ketones (excluding diaryl/α,β-unsaturated/α-hetero) is 1. The van der Waals surface area contributed by atoms with Crippen LogP contribution in [0.5, 0.6) is 0 Å². The summed E-state index contributed by atoms with van der Waals surface area (Å²) in [7, 11) is 0. The molecule has 0 aliphatic rings. The summed E-state index contributed by atoms with van der Waals surface area (Å²) in [6.45, 7) is 12.2. The quantitative estimate of drug-likeness (QED) is 0.373. The minimum absolute atomic E-state index is 0.0382. The van der Waals surface area contributed by atoms with Gasteiger partial charge in [-0.2, -0.15) is 0 Å². The minimum atomic E-state index is -0.718. The fourth-order valence-electron chi connectivity index (χ4n) is 2.22. The molecule has 0 amide bonds. The summed E-state index contributed by atoms with van der Waals surface area (Å²) >= 11 is 3.34. The number of hydrogen-bond donors (Lipinski definition) is 0. The molecule has 0 saturated carbocycles. The van der Waals surface area contributed by atoms with E-state index in [2.05, 4.69) is 20.8 Å². The van der Waals surface area contributed by atoms with Crippen LogP contribution in [-0.4, -0.2) is 17.4 Å². The Bertz CT molecular complexity index is 910. The Hall–Kier alpha value is -2.52. The predicted molar refractivity (Wildman–Crippen MR) is 100 cm³/mol. The first-order valence-electron chi connectivity index (χ1n) is 7.82. The molecule has 26 heavy (non-hydrogen) atoms. The van der Waals surface area contributed by atoms with Gasteiger partial charge in [0, 0.05) is 10.9 Å². The van der Waals surface area contributed by atoms with Crippen LogP contribution in [0.25, 0.3) is 4.85 Å². The maximum Gasteiger partial charge on any atom is 0.338 e. The van der Waals surface area contributed by atoms with Gasteiger partial charge in [0.1, 0.15) is 11.4 Å². The number of halogens is 2. The summed E-state index contributed by atoms with van der Waals surface area (Å²) in [5.74, 6) is -1.59. The SMILES string of the molecule is [C-]#[N+]c1ccc(C(=O)Cc2ccc(C(=O)OC(C)(C)C)cc2Br)c(F)c1. The summed E-state index contributed by atoms with van der Waals surface area (Å²) in [5.41, 5.74) is 0.446. The lowest BCUT2D eigenvalue weighted by molar-refractivity contribution is 0.00694. The maximum atomic E-state index is 14.0. The molecule has 0 aliphatic carbocycles. The Balaban J connectivity index is 2.19. The first-order valence-corrected chi connectivity index (χ1v) is 8.62. The molecule has 0 heterocycles. The van der Waals surface area contributed by atoms with E-state index in [1.54, 1.807) is 39.0 Å². The summed E-state index contributed by atoms with van der Waals surface area (Å²) in [4.78, 5) is 27.6. The number of rotatable bonds is 4. The molecule has 0 fully saturated rings. The van der Waals surface area contributed by atoms with Gasteiger partial charge in [0.2, 0.25) is 0 Å². The Morgan fingerprint density at radius 1 is 1.19 bits per heavy atom. The van der Waals surface area contributed by atoms with Gasteiger partial charge in [-0.1, -0.05) is 34.1 Å². The molecule has 0 aliphatic heterocycles. The van der Waals surface area contributed by atoms with E-state index < -0.39 is 23.2 Å². The topological polar surface area (TPSA) is 47.7 Å². The van der Waals surface area contributed by atoms with E-state index in [-0.39, 0.29) is 17.7 Å². The number of esters is 1. The Morgan fingerprint density at radius 2 is 1.88 bits per heavy atom. The van der Waals surface area contributed by atoms with Crippen LogP contribution in [0.4, 0.5) is 10.1 Å². The number of hydrogen-bond acceptors (Lipinski definition) is 3. The van der Waals surface area contributed by atoms with Gasteiger partial charge in [0.05, 0.1) is 17.7 Å². The highest BCUT2D eigenvalue weighted by Gasteiger charge is 2.19. The summed E-state index contributed by atoms with van der Waals surface area (Å²) in [5, 5.41) is 0. The minimum Gasteiger partial charge on any atom is -0.456 e. The van der Waals surface area contributed by atoms with Crippen LogP contribution in [0.15, 0.2) is 40.9 Å². The second kappa shape index (κ2) is 7.79. The van der Waals surface area contributed by atoms with Gasteiger partial charge in [-0.15, -0.1) is 0 Å². The van der Waals surface area contributed by atoms with Crippen LogP contribution in [0.3, 0.4) is 0 Å². The van der Waals surface area contributed by atoms with Crippen molar-refractivity contribution in [2.75, 3.05) is 0 Å². The van der Waals surface area contributed by atoms with E-state index >= 15 is 0 Å². The summed E-state index contributed by atoms with van der Waals surface area (Å²) in [6, 6.07) is 8.54. The van der Waals surface area contributed by atoms with E-state index in [0.717, 1.165) is 6.07 Å². The monoisotopic (exact) mass is 417 g/mol. The van der Waals surface area contributed by atoms with Crippen LogP contribution in [0.2, 0.25) is 0 Å². The smallest absolute Gasteiger partial charge is 0.338 e. The van der Waals surface area contributed by atoms with E-state index in [1.807, 2.05) is 0 Å². The standard InChI is InChI=1S/C20H17BrFNO3/c1-20(2,3)26-19(25)13-6-5-12(16(21)9-13)10-18(24)15-8-7-14(23-4)11-17(15)22/h5-9,11H,10H2,1-3H3. The van der Waals surface area contributed by atoms with Crippen LogP contribution >= 0.6 is 15.9 Å². The highest BCUT2D eigenvalue weighted by Crippen LogP contribution is 2.24. The molecule has 0 N–H and O–H groups in total. The molecule has 0 saturated heterocycles. The maximum absolute atomic E-state index is 14.0. The van der Waals surface area contributed by atoms with Crippen LogP contribution in [-0.2, 0) is 11.2 Å². The van der Waals surface area contributed by atoms with Gasteiger partial charge in [-0.25, -0.2) is 14.0 Å². The predicted octanol–water partition coefficient (Wildman–Crippen LogP) is 5.52. The fourth-order valence-corrected chi connectivity index (χ4v) is 2.74. The van der Waals surface area contributed by atoms with Gasteiger partial charge in [-0.3, -0.25) is 4.79 Å². The third-order valence-electron chi connectivity index (χ3n) is 3.42.